The molecule has 0 atom stereocenters. The summed E-state index contributed by atoms with van der Waals surface area (Å²) in [5.74, 6) is 0.0681. The van der Waals surface area contributed by atoms with E-state index in [4.69, 9.17) is 9.47 Å². The molecule has 0 amide bonds. The second-order valence-electron chi connectivity index (χ2n) is 3.31. The third-order valence-corrected chi connectivity index (χ3v) is 2.87. The molecule has 1 aliphatic rings. The van der Waals surface area contributed by atoms with Crippen molar-refractivity contribution in [3.05, 3.63) is 17.7 Å². The molecule has 1 aromatic rings. The standard InChI is InChI=1S/C10H7F3O3S/c1-5(14)6-2-7-8(16-4-15-7)3-9(6)17-10(11,12)13/h2-3H,4H2,1H3. The summed E-state index contributed by atoms with van der Waals surface area (Å²) < 4.78 is 46.9. The van der Waals surface area contributed by atoms with Crippen molar-refractivity contribution in [2.24, 2.45) is 0 Å². The summed E-state index contributed by atoms with van der Waals surface area (Å²) in [7, 11) is 0. The molecule has 0 aromatic heterocycles. The first kappa shape index (κ1) is 12.1. The minimum absolute atomic E-state index is 0.0171. The van der Waals surface area contributed by atoms with Crippen molar-refractivity contribution in [3.63, 3.8) is 0 Å². The van der Waals surface area contributed by atoms with Crippen LogP contribution in [-0.4, -0.2) is 18.1 Å². The zero-order chi connectivity index (χ0) is 12.6. The molecule has 0 spiro atoms. The largest absolute Gasteiger partial charge is 0.454 e. The second-order valence-corrected chi connectivity index (χ2v) is 4.41. The van der Waals surface area contributed by atoms with Crippen LogP contribution in [0.15, 0.2) is 17.0 Å². The van der Waals surface area contributed by atoms with Gasteiger partial charge in [0.1, 0.15) is 0 Å². The Morgan fingerprint density at radius 1 is 1.29 bits per heavy atom. The summed E-state index contributed by atoms with van der Waals surface area (Å²) in [5, 5.41) is 0. The van der Waals surface area contributed by atoms with Crippen molar-refractivity contribution in [1.82, 2.24) is 0 Å². The van der Waals surface area contributed by atoms with E-state index >= 15 is 0 Å². The van der Waals surface area contributed by atoms with Crippen molar-refractivity contribution in [1.29, 1.82) is 0 Å². The number of Topliss-reactive ketones (excluding diaryl/α,β-unsaturated/α-hetero) is 1. The van der Waals surface area contributed by atoms with Crippen LogP contribution < -0.4 is 9.47 Å². The number of alkyl halides is 3. The molecule has 0 aliphatic carbocycles. The van der Waals surface area contributed by atoms with Crippen LogP contribution in [0.3, 0.4) is 0 Å². The quantitative estimate of drug-likeness (QED) is 0.607. The van der Waals surface area contributed by atoms with E-state index in [-0.39, 0.29) is 34.8 Å². The molecule has 0 unspecified atom stereocenters. The molecule has 0 saturated carbocycles. The second kappa shape index (κ2) is 4.14. The zero-order valence-corrected chi connectivity index (χ0v) is 9.45. The van der Waals surface area contributed by atoms with Gasteiger partial charge in [0.2, 0.25) is 6.79 Å². The van der Waals surface area contributed by atoms with Gasteiger partial charge in [0, 0.05) is 10.5 Å². The van der Waals surface area contributed by atoms with Crippen LogP contribution in [0, 0.1) is 0 Å². The fourth-order valence-electron chi connectivity index (χ4n) is 1.41. The summed E-state index contributed by atoms with van der Waals surface area (Å²) in [6.45, 7) is 1.16. The summed E-state index contributed by atoms with van der Waals surface area (Å²) in [6.07, 6.45) is 0. The predicted octanol–water partition coefficient (Wildman–Crippen LogP) is 3.23. The lowest BCUT2D eigenvalue weighted by Gasteiger charge is -2.10. The summed E-state index contributed by atoms with van der Waals surface area (Å²) in [5.41, 5.74) is -4.46. The molecule has 1 aliphatic heterocycles. The number of ketones is 1. The van der Waals surface area contributed by atoms with Crippen LogP contribution in [0.1, 0.15) is 17.3 Å². The molecule has 17 heavy (non-hydrogen) atoms. The Kier molecular flexibility index (Phi) is 2.94. The van der Waals surface area contributed by atoms with Crippen molar-refractivity contribution in [2.45, 2.75) is 17.3 Å². The van der Waals surface area contributed by atoms with Crippen LogP contribution in [0.2, 0.25) is 0 Å². The number of carbonyl (C=O) groups is 1. The van der Waals surface area contributed by atoms with E-state index in [1.165, 1.54) is 19.1 Å². The van der Waals surface area contributed by atoms with E-state index in [2.05, 4.69) is 0 Å². The van der Waals surface area contributed by atoms with Crippen LogP contribution in [-0.2, 0) is 0 Å². The van der Waals surface area contributed by atoms with E-state index in [1.807, 2.05) is 0 Å². The number of fused-ring (bicyclic) bond motifs is 1. The van der Waals surface area contributed by atoms with Gasteiger partial charge in [0.05, 0.1) is 0 Å². The molecule has 7 heteroatoms. The van der Waals surface area contributed by atoms with Gasteiger partial charge in [0.15, 0.2) is 17.3 Å². The van der Waals surface area contributed by atoms with Gasteiger partial charge in [-0.3, -0.25) is 4.79 Å². The van der Waals surface area contributed by atoms with E-state index in [1.54, 1.807) is 0 Å². The molecule has 0 bridgehead atoms. The summed E-state index contributed by atoms with van der Waals surface area (Å²) in [6, 6.07) is 2.45. The number of hydrogen-bond acceptors (Lipinski definition) is 4. The lowest BCUT2D eigenvalue weighted by Crippen LogP contribution is -2.03. The molecule has 1 aromatic carbocycles. The van der Waals surface area contributed by atoms with Gasteiger partial charge < -0.3 is 9.47 Å². The Labute approximate surface area is 98.9 Å². The van der Waals surface area contributed by atoms with Crippen LogP contribution in [0.5, 0.6) is 11.5 Å². The van der Waals surface area contributed by atoms with Gasteiger partial charge in [-0.2, -0.15) is 13.2 Å². The molecule has 92 valence electrons. The van der Waals surface area contributed by atoms with Crippen LogP contribution in [0.25, 0.3) is 0 Å². The minimum atomic E-state index is -4.45. The van der Waals surface area contributed by atoms with Gasteiger partial charge in [0.25, 0.3) is 0 Å². The number of rotatable bonds is 2. The Morgan fingerprint density at radius 3 is 2.41 bits per heavy atom. The van der Waals surface area contributed by atoms with Crippen LogP contribution in [0.4, 0.5) is 13.2 Å². The highest BCUT2D eigenvalue weighted by Gasteiger charge is 2.32. The molecule has 3 nitrogen and oxygen atoms in total. The Hall–Kier alpha value is -1.37. The third kappa shape index (κ3) is 2.66. The maximum absolute atomic E-state index is 12.3. The average molecular weight is 264 g/mol. The van der Waals surface area contributed by atoms with Crippen molar-refractivity contribution in [3.8, 4) is 11.5 Å². The third-order valence-electron chi connectivity index (χ3n) is 2.08. The van der Waals surface area contributed by atoms with Gasteiger partial charge in [-0.15, -0.1) is 0 Å². The van der Waals surface area contributed by atoms with Crippen molar-refractivity contribution >= 4 is 17.5 Å². The van der Waals surface area contributed by atoms with Crippen LogP contribution >= 0.6 is 11.8 Å². The first-order valence-corrected chi connectivity index (χ1v) is 5.39. The van der Waals surface area contributed by atoms with Gasteiger partial charge >= 0.3 is 5.51 Å². The number of halogens is 3. The first-order valence-electron chi connectivity index (χ1n) is 4.57. The first-order chi connectivity index (χ1) is 7.87. The van der Waals surface area contributed by atoms with Crippen molar-refractivity contribution < 1.29 is 27.4 Å². The summed E-state index contributed by atoms with van der Waals surface area (Å²) >= 11 is -0.335. The molecule has 2 rings (SSSR count). The summed E-state index contributed by atoms with van der Waals surface area (Å²) in [4.78, 5) is 11.1. The van der Waals surface area contributed by atoms with Crippen molar-refractivity contribution in [2.75, 3.05) is 6.79 Å². The van der Waals surface area contributed by atoms with E-state index in [9.17, 15) is 18.0 Å². The smallest absolute Gasteiger partial charge is 0.446 e. The molecule has 0 N–H and O–H groups in total. The molecule has 0 saturated heterocycles. The maximum Gasteiger partial charge on any atom is 0.446 e. The fraction of sp³-hybridized carbons (Fsp3) is 0.300. The normalized spacial score (nSPS) is 13.9. The molecular weight excluding hydrogens is 257 g/mol. The Morgan fingerprint density at radius 2 is 1.88 bits per heavy atom. The number of benzene rings is 1. The number of carbonyl (C=O) groups excluding carboxylic acids is 1. The SMILES string of the molecule is CC(=O)c1cc2c(cc1SC(F)(F)F)OCO2. The highest BCUT2D eigenvalue weighted by Crippen LogP contribution is 2.44. The van der Waals surface area contributed by atoms with Gasteiger partial charge in [-0.05, 0) is 30.8 Å². The molecular formula is C10H7F3O3S. The monoisotopic (exact) mass is 264 g/mol. The Bertz CT molecular complexity index is 471. The lowest BCUT2D eigenvalue weighted by molar-refractivity contribution is -0.0328. The predicted molar refractivity (Wildman–Crippen MR) is 54.5 cm³/mol. The highest BCUT2D eigenvalue weighted by atomic mass is 32.2. The van der Waals surface area contributed by atoms with E-state index < -0.39 is 11.3 Å². The Balaban J connectivity index is 2.45. The molecule has 1 heterocycles. The number of thioether (sulfide) groups is 1. The zero-order valence-electron chi connectivity index (χ0n) is 8.63. The maximum atomic E-state index is 12.3. The lowest BCUT2D eigenvalue weighted by atomic mass is 10.1. The average Bonchev–Trinajstić information content (AvgIpc) is 2.60. The fourth-order valence-corrected chi connectivity index (χ4v) is 2.14. The molecule has 0 radical (unpaired) electrons. The van der Waals surface area contributed by atoms with Gasteiger partial charge in [-0.1, -0.05) is 0 Å². The van der Waals surface area contributed by atoms with E-state index in [0.29, 0.717) is 5.75 Å². The number of ether oxygens (including phenoxy) is 2. The molecule has 0 fully saturated rings. The number of hydrogen-bond donors (Lipinski definition) is 0. The van der Waals surface area contributed by atoms with E-state index in [0.717, 1.165) is 0 Å². The minimum Gasteiger partial charge on any atom is -0.454 e. The topological polar surface area (TPSA) is 35.5 Å². The van der Waals surface area contributed by atoms with Gasteiger partial charge in [-0.25, -0.2) is 0 Å². The highest BCUT2D eigenvalue weighted by molar-refractivity contribution is 8.00.